The number of carbonyl (C=O) groups is 3. The number of esters is 1. The van der Waals surface area contributed by atoms with Crippen molar-refractivity contribution in [3.8, 4) is 0 Å². The molecule has 1 amide bonds. The summed E-state index contributed by atoms with van der Waals surface area (Å²) >= 11 is 0. The molecule has 124 valence electrons. The van der Waals surface area contributed by atoms with Crippen molar-refractivity contribution >= 4 is 23.3 Å². The lowest BCUT2D eigenvalue weighted by Crippen LogP contribution is -2.22. The van der Waals surface area contributed by atoms with Crippen molar-refractivity contribution in [3.63, 3.8) is 0 Å². The Morgan fingerprint density at radius 1 is 1.00 bits per heavy atom. The molecule has 0 fully saturated rings. The maximum absolute atomic E-state index is 12.0. The van der Waals surface area contributed by atoms with E-state index < -0.39 is 18.5 Å². The molecule has 0 aliphatic heterocycles. The van der Waals surface area contributed by atoms with Gasteiger partial charge in [-0.15, -0.1) is 0 Å². The summed E-state index contributed by atoms with van der Waals surface area (Å²) in [6.45, 7) is 4.77. The van der Waals surface area contributed by atoms with E-state index in [-0.39, 0.29) is 5.78 Å². The summed E-state index contributed by atoms with van der Waals surface area (Å²) in [5.74, 6) is -1.21. The van der Waals surface area contributed by atoms with Crippen LogP contribution in [-0.2, 0) is 9.53 Å². The number of ether oxygens (including phenoxy) is 1. The van der Waals surface area contributed by atoms with Crippen LogP contribution in [0, 0.1) is 13.8 Å². The largest absolute Gasteiger partial charge is 0.452 e. The fourth-order valence-corrected chi connectivity index (χ4v) is 2.39. The van der Waals surface area contributed by atoms with Crippen molar-refractivity contribution in [1.29, 1.82) is 0 Å². The molecule has 0 radical (unpaired) electrons. The van der Waals surface area contributed by atoms with E-state index in [1.807, 2.05) is 19.9 Å². The van der Waals surface area contributed by atoms with Crippen molar-refractivity contribution in [2.75, 3.05) is 11.9 Å². The molecule has 0 unspecified atom stereocenters. The molecule has 2 aromatic carbocycles. The molecule has 0 aliphatic carbocycles. The van der Waals surface area contributed by atoms with Gasteiger partial charge in [-0.1, -0.05) is 29.3 Å². The molecule has 0 aromatic heterocycles. The fraction of sp³-hybridized carbons (Fsp3) is 0.211. The molecule has 0 spiro atoms. The van der Waals surface area contributed by atoms with Gasteiger partial charge in [-0.05, 0) is 45.0 Å². The van der Waals surface area contributed by atoms with Crippen LogP contribution in [0.2, 0.25) is 0 Å². The molecule has 0 saturated carbocycles. The van der Waals surface area contributed by atoms with Crippen LogP contribution >= 0.6 is 0 Å². The third kappa shape index (κ3) is 4.52. The topological polar surface area (TPSA) is 72.5 Å². The number of ketones is 1. The van der Waals surface area contributed by atoms with Crippen LogP contribution in [0.25, 0.3) is 0 Å². The fourth-order valence-electron chi connectivity index (χ4n) is 2.39. The van der Waals surface area contributed by atoms with Gasteiger partial charge in [0.15, 0.2) is 12.4 Å². The first kappa shape index (κ1) is 17.4. The van der Waals surface area contributed by atoms with E-state index in [0.717, 1.165) is 11.1 Å². The van der Waals surface area contributed by atoms with Crippen LogP contribution in [0.1, 0.15) is 38.8 Å². The van der Waals surface area contributed by atoms with E-state index in [9.17, 15) is 14.4 Å². The third-order valence-electron chi connectivity index (χ3n) is 3.37. The van der Waals surface area contributed by atoms with Crippen molar-refractivity contribution < 1.29 is 19.1 Å². The highest BCUT2D eigenvalue weighted by Crippen LogP contribution is 2.15. The maximum atomic E-state index is 12.0. The van der Waals surface area contributed by atoms with Gasteiger partial charge in [-0.2, -0.15) is 0 Å². The quantitative estimate of drug-likeness (QED) is 0.676. The minimum Gasteiger partial charge on any atom is -0.452 e. The highest BCUT2D eigenvalue weighted by atomic mass is 16.5. The van der Waals surface area contributed by atoms with Gasteiger partial charge in [-0.25, -0.2) is 4.79 Å². The molecule has 0 atom stereocenters. The second kappa shape index (κ2) is 7.55. The zero-order valence-corrected chi connectivity index (χ0v) is 13.9. The highest BCUT2D eigenvalue weighted by Gasteiger charge is 2.13. The van der Waals surface area contributed by atoms with E-state index in [4.69, 9.17) is 4.74 Å². The number of rotatable bonds is 5. The predicted molar refractivity (Wildman–Crippen MR) is 91.3 cm³/mol. The van der Waals surface area contributed by atoms with Crippen molar-refractivity contribution in [2.45, 2.75) is 20.8 Å². The molecule has 2 rings (SSSR count). The molecule has 1 N–H and O–H groups in total. The minimum atomic E-state index is -0.559. The molecular weight excluding hydrogens is 306 g/mol. The van der Waals surface area contributed by atoms with E-state index in [0.29, 0.717) is 16.8 Å². The van der Waals surface area contributed by atoms with E-state index >= 15 is 0 Å². The number of hydrogen-bond acceptors (Lipinski definition) is 4. The Morgan fingerprint density at radius 2 is 1.62 bits per heavy atom. The number of aryl methyl sites for hydroxylation is 2. The van der Waals surface area contributed by atoms with Crippen molar-refractivity contribution in [1.82, 2.24) is 0 Å². The average Bonchev–Trinajstić information content (AvgIpc) is 2.52. The first-order chi connectivity index (χ1) is 11.4. The Morgan fingerprint density at radius 3 is 2.25 bits per heavy atom. The van der Waals surface area contributed by atoms with Gasteiger partial charge in [0.1, 0.15) is 0 Å². The van der Waals surface area contributed by atoms with E-state index in [1.165, 1.54) is 6.92 Å². The molecule has 0 saturated heterocycles. The van der Waals surface area contributed by atoms with Gasteiger partial charge >= 0.3 is 5.97 Å². The van der Waals surface area contributed by atoms with Crippen LogP contribution in [0.15, 0.2) is 42.5 Å². The number of nitrogens with one attached hydrogen (secondary N) is 1. The van der Waals surface area contributed by atoms with Gasteiger partial charge in [-0.3, -0.25) is 9.59 Å². The maximum Gasteiger partial charge on any atom is 0.338 e. The molecule has 0 heterocycles. The Balaban J connectivity index is 1.98. The molecule has 2 aromatic rings. The van der Waals surface area contributed by atoms with Crippen LogP contribution < -0.4 is 5.32 Å². The van der Waals surface area contributed by atoms with Crippen LogP contribution in [0.3, 0.4) is 0 Å². The lowest BCUT2D eigenvalue weighted by Gasteiger charge is -2.10. The summed E-state index contributed by atoms with van der Waals surface area (Å²) in [7, 11) is 0. The monoisotopic (exact) mass is 325 g/mol. The number of amides is 1. The van der Waals surface area contributed by atoms with Crippen LogP contribution in [0.5, 0.6) is 0 Å². The lowest BCUT2D eigenvalue weighted by molar-refractivity contribution is -0.119. The standard InChI is InChI=1S/C19H19NO4/c1-12-8-13(2)10-15(9-12)19(23)24-11-18(22)20-17-7-5-4-6-16(17)14(3)21/h4-10H,11H2,1-3H3,(H,20,22). The molecule has 24 heavy (non-hydrogen) atoms. The second-order valence-electron chi connectivity index (χ2n) is 5.60. The number of benzene rings is 2. The summed E-state index contributed by atoms with van der Waals surface area (Å²) < 4.78 is 5.04. The average molecular weight is 325 g/mol. The van der Waals surface area contributed by atoms with E-state index in [2.05, 4.69) is 5.32 Å². The summed E-state index contributed by atoms with van der Waals surface area (Å²) in [4.78, 5) is 35.5. The number of carbonyl (C=O) groups excluding carboxylic acids is 3. The molecule has 0 aliphatic rings. The summed E-state index contributed by atoms with van der Waals surface area (Å²) in [5, 5.41) is 2.58. The zero-order valence-electron chi connectivity index (χ0n) is 13.9. The smallest absolute Gasteiger partial charge is 0.338 e. The number of anilines is 1. The summed E-state index contributed by atoms with van der Waals surface area (Å²) in [6, 6.07) is 12.0. The number of para-hydroxylation sites is 1. The van der Waals surface area contributed by atoms with Gasteiger partial charge in [0.05, 0.1) is 11.3 Å². The Labute approximate surface area is 140 Å². The summed E-state index contributed by atoms with van der Waals surface area (Å²) in [6.07, 6.45) is 0. The highest BCUT2D eigenvalue weighted by molar-refractivity contribution is 6.04. The first-order valence-corrected chi connectivity index (χ1v) is 7.52. The van der Waals surface area contributed by atoms with Crippen LogP contribution in [0.4, 0.5) is 5.69 Å². The first-order valence-electron chi connectivity index (χ1n) is 7.52. The molecular formula is C19H19NO4. The number of hydrogen-bond donors (Lipinski definition) is 1. The Hall–Kier alpha value is -2.95. The van der Waals surface area contributed by atoms with Crippen molar-refractivity contribution in [3.05, 3.63) is 64.7 Å². The van der Waals surface area contributed by atoms with Gasteiger partial charge in [0.25, 0.3) is 5.91 Å². The van der Waals surface area contributed by atoms with Crippen molar-refractivity contribution in [2.24, 2.45) is 0 Å². The second-order valence-corrected chi connectivity index (χ2v) is 5.60. The zero-order chi connectivity index (χ0) is 17.7. The van der Waals surface area contributed by atoms with Gasteiger partial charge in [0, 0.05) is 5.56 Å². The van der Waals surface area contributed by atoms with Gasteiger partial charge < -0.3 is 10.1 Å². The predicted octanol–water partition coefficient (Wildman–Crippen LogP) is 3.30. The number of Topliss-reactive ketones (excluding diaryl/α,β-unsaturated/α-hetero) is 1. The summed E-state index contributed by atoms with van der Waals surface area (Å²) in [5.41, 5.74) is 3.11. The Kier molecular flexibility index (Phi) is 5.47. The SMILES string of the molecule is CC(=O)c1ccccc1NC(=O)COC(=O)c1cc(C)cc(C)c1. The lowest BCUT2D eigenvalue weighted by atomic mass is 10.1. The minimum absolute atomic E-state index is 0.155. The third-order valence-corrected chi connectivity index (χ3v) is 3.37. The molecule has 5 nitrogen and oxygen atoms in total. The normalized spacial score (nSPS) is 10.1. The Bertz CT molecular complexity index is 775. The van der Waals surface area contributed by atoms with Gasteiger partial charge in [0.2, 0.25) is 0 Å². The molecule has 5 heteroatoms. The van der Waals surface area contributed by atoms with Crippen LogP contribution in [-0.4, -0.2) is 24.3 Å². The molecule has 0 bridgehead atoms. The van der Waals surface area contributed by atoms with E-state index in [1.54, 1.807) is 36.4 Å².